The van der Waals surface area contributed by atoms with Gasteiger partial charge in [0.25, 0.3) is 5.91 Å². The van der Waals surface area contributed by atoms with Gasteiger partial charge >= 0.3 is 5.97 Å². The van der Waals surface area contributed by atoms with Gasteiger partial charge in [-0.25, -0.2) is 9.18 Å². The van der Waals surface area contributed by atoms with Crippen LogP contribution in [0, 0.1) is 5.82 Å². The molecule has 0 aromatic heterocycles. The second kappa shape index (κ2) is 7.00. The Balaban J connectivity index is 1.82. The maximum atomic E-state index is 13.8. The first-order valence-corrected chi connectivity index (χ1v) is 8.45. The third kappa shape index (κ3) is 3.50. The highest BCUT2D eigenvalue weighted by molar-refractivity contribution is 6.30. The van der Waals surface area contributed by atoms with Crippen LogP contribution in [-0.2, 0) is 14.3 Å². The van der Waals surface area contributed by atoms with E-state index in [0.717, 1.165) is 12.1 Å². The van der Waals surface area contributed by atoms with Crippen LogP contribution in [0.5, 0.6) is 0 Å². The van der Waals surface area contributed by atoms with E-state index in [1.807, 2.05) is 0 Å². The monoisotopic (exact) mass is 390 g/mol. The van der Waals surface area contributed by atoms with E-state index in [0.29, 0.717) is 11.4 Å². The lowest BCUT2D eigenvalue weighted by molar-refractivity contribution is -0.128. The van der Waals surface area contributed by atoms with Crippen LogP contribution in [0.3, 0.4) is 0 Å². The fourth-order valence-electron chi connectivity index (χ4n) is 2.82. The number of hydrogen-bond acceptors (Lipinski definition) is 4. The van der Waals surface area contributed by atoms with E-state index >= 15 is 0 Å². The van der Waals surface area contributed by atoms with Gasteiger partial charge in [-0.3, -0.25) is 14.5 Å². The summed E-state index contributed by atoms with van der Waals surface area (Å²) in [7, 11) is 0. The van der Waals surface area contributed by atoms with Crippen LogP contribution < -0.4 is 10.2 Å². The minimum atomic E-state index is -1.20. The molecule has 140 valence electrons. The molecule has 1 aliphatic heterocycles. The van der Waals surface area contributed by atoms with Gasteiger partial charge in [0.1, 0.15) is 11.4 Å². The topological polar surface area (TPSA) is 75.7 Å². The number of carbonyl (C=O) groups is 3. The van der Waals surface area contributed by atoms with E-state index in [9.17, 15) is 18.8 Å². The summed E-state index contributed by atoms with van der Waals surface area (Å²) in [4.78, 5) is 38.5. The standard InChI is InChI=1S/C19H16ClFN2O4/c1-19(2)18(26)22-14-5-3-4-6-15(14)23(19)16(24)10-27-17(25)12-9-11(20)7-8-13(12)21/h3-9H,10H2,1-2H3,(H,22,26). The van der Waals surface area contributed by atoms with Crippen molar-refractivity contribution in [3.05, 3.63) is 58.9 Å². The number of hydrogen-bond donors (Lipinski definition) is 1. The van der Waals surface area contributed by atoms with E-state index in [2.05, 4.69) is 5.32 Å². The molecule has 27 heavy (non-hydrogen) atoms. The summed E-state index contributed by atoms with van der Waals surface area (Å²) in [5, 5.41) is 2.90. The molecule has 3 rings (SSSR count). The van der Waals surface area contributed by atoms with Gasteiger partial charge in [0, 0.05) is 5.02 Å². The van der Waals surface area contributed by atoms with Gasteiger partial charge in [0.05, 0.1) is 16.9 Å². The Morgan fingerprint density at radius 3 is 2.67 bits per heavy atom. The Kier molecular flexibility index (Phi) is 4.89. The van der Waals surface area contributed by atoms with Gasteiger partial charge < -0.3 is 10.1 Å². The van der Waals surface area contributed by atoms with Crippen molar-refractivity contribution in [2.45, 2.75) is 19.4 Å². The maximum Gasteiger partial charge on any atom is 0.341 e. The summed E-state index contributed by atoms with van der Waals surface area (Å²) in [6.07, 6.45) is 0. The predicted molar refractivity (Wildman–Crippen MR) is 98.3 cm³/mol. The van der Waals surface area contributed by atoms with Crippen LogP contribution in [0.1, 0.15) is 24.2 Å². The number of amides is 2. The largest absolute Gasteiger partial charge is 0.452 e. The molecule has 0 aliphatic carbocycles. The molecule has 2 aromatic rings. The van der Waals surface area contributed by atoms with Crippen LogP contribution in [0.25, 0.3) is 0 Å². The van der Waals surface area contributed by atoms with Crippen LogP contribution in [-0.4, -0.2) is 29.9 Å². The second-order valence-electron chi connectivity index (χ2n) is 6.46. The van der Waals surface area contributed by atoms with E-state index in [1.54, 1.807) is 38.1 Å². The maximum absolute atomic E-state index is 13.8. The lowest BCUT2D eigenvalue weighted by Crippen LogP contribution is -2.59. The Morgan fingerprint density at radius 1 is 1.22 bits per heavy atom. The summed E-state index contributed by atoms with van der Waals surface area (Å²) < 4.78 is 18.7. The average molecular weight is 391 g/mol. The van der Waals surface area contributed by atoms with Gasteiger partial charge in [0.2, 0.25) is 5.91 Å². The molecule has 2 amide bonds. The van der Waals surface area contributed by atoms with Gasteiger partial charge in [-0.05, 0) is 44.2 Å². The van der Waals surface area contributed by atoms with Gasteiger partial charge in [-0.2, -0.15) is 0 Å². The second-order valence-corrected chi connectivity index (χ2v) is 6.90. The zero-order chi connectivity index (χ0) is 19.8. The number of fused-ring (bicyclic) bond motifs is 1. The number of ether oxygens (including phenoxy) is 1. The normalized spacial score (nSPS) is 15.0. The highest BCUT2D eigenvalue weighted by Crippen LogP contribution is 2.36. The Labute approximate surface area is 159 Å². The van der Waals surface area contributed by atoms with Crippen molar-refractivity contribution in [1.29, 1.82) is 0 Å². The number of benzene rings is 2. The molecule has 0 bridgehead atoms. The smallest absolute Gasteiger partial charge is 0.341 e. The highest BCUT2D eigenvalue weighted by atomic mass is 35.5. The highest BCUT2D eigenvalue weighted by Gasteiger charge is 2.43. The summed E-state index contributed by atoms with van der Waals surface area (Å²) >= 11 is 5.76. The van der Waals surface area contributed by atoms with E-state index in [1.165, 1.54) is 11.0 Å². The quantitative estimate of drug-likeness (QED) is 0.815. The molecule has 1 heterocycles. The Bertz CT molecular complexity index is 945. The number of carbonyl (C=O) groups excluding carboxylic acids is 3. The minimum absolute atomic E-state index is 0.164. The van der Waals surface area contributed by atoms with Crippen molar-refractivity contribution in [2.75, 3.05) is 16.8 Å². The predicted octanol–water partition coefficient (Wildman–Crippen LogP) is 3.40. The van der Waals surface area contributed by atoms with Crippen molar-refractivity contribution >= 4 is 40.8 Å². The molecule has 1 N–H and O–H groups in total. The first kappa shape index (κ1) is 18.8. The van der Waals surface area contributed by atoms with Gasteiger partial charge in [0.15, 0.2) is 6.61 Å². The summed E-state index contributed by atoms with van der Waals surface area (Å²) in [6, 6.07) is 10.2. The molecule has 0 fully saturated rings. The molecule has 0 saturated carbocycles. The van der Waals surface area contributed by atoms with Crippen molar-refractivity contribution in [2.24, 2.45) is 0 Å². The number of rotatable bonds is 3. The first-order chi connectivity index (χ1) is 12.7. The molecular weight excluding hydrogens is 375 g/mol. The van der Waals surface area contributed by atoms with Crippen molar-refractivity contribution < 1.29 is 23.5 Å². The molecular formula is C19H16ClFN2O4. The zero-order valence-corrected chi connectivity index (χ0v) is 15.3. The summed E-state index contributed by atoms with van der Waals surface area (Å²) in [6.45, 7) is 2.50. The molecule has 8 heteroatoms. The Hall–Kier alpha value is -2.93. The van der Waals surface area contributed by atoms with Gasteiger partial charge in [-0.1, -0.05) is 23.7 Å². The van der Waals surface area contributed by atoms with Crippen molar-refractivity contribution in [1.82, 2.24) is 0 Å². The number of anilines is 2. The third-order valence-corrected chi connectivity index (χ3v) is 4.47. The molecule has 0 radical (unpaired) electrons. The van der Waals surface area contributed by atoms with E-state index in [-0.39, 0.29) is 16.5 Å². The number of nitrogens with one attached hydrogen (secondary N) is 1. The zero-order valence-electron chi connectivity index (χ0n) is 14.6. The average Bonchev–Trinajstić information content (AvgIpc) is 2.62. The summed E-state index contributed by atoms with van der Waals surface area (Å²) in [5.74, 6) is -2.81. The molecule has 0 saturated heterocycles. The van der Waals surface area contributed by atoms with Crippen LogP contribution in [0.4, 0.5) is 15.8 Å². The third-order valence-electron chi connectivity index (χ3n) is 4.23. The number of esters is 1. The molecule has 0 spiro atoms. The van der Waals surface area contributed by atoms with Crippen LogP contribution in [0.2, 0.25) is 5.02 Å². The fraction of sp³-hybridized carbons (Fsp3) is 0.211. The minimum Gasteiger partial charge on any atom is -0.452 e. The van der Waals surface area contributed by atoms with Gasteiger partial charge in [-0.15, -0.1) is 0 Å². The van der Waals surface area contributed by atoms with Crippen molar-refractivity contribution in [3.63, 3.8) is 0 Å². The number of halogens is 2. The first-order valence-electron chi connectivity index (χ1n) is 8.07. The SMILES string of the molecule is CC1(C)C(=O)Nc2ccccc2N1C(=O)COC(=O)c1cc(Cl)ccc1F. The number of para-hydroxylation sites is 2. The van der Waals surface area contributed by atoms with E-state index in [4.69, 9.17) is 16.3 Å². The lowest BCUT2D eigenvalue weighted by atomic mass is 9.96. The summed E-state index contributed by atoms with van der Waals surface area (Å²) in [5.41, 5.74) is -0.607. The molecule has 0 atom stereocenters. The molecule has 1 aliphatic rings. The lowest BCUT2D eigenvalue weighted by Gasteiger charge is -2.41. The Morgan fingerprint density at radius 2 is 1.93 bits per heavy atom. The fourth-order valence-corrected chi connectivity index (χ4v) is 2.99. The van der Waals surface area contributed by atoms with Crippen molar-refractivity contribution in [3.8, 4) is 0 Å². The van der Waals surface area contributed by atoms with Crippen LogP contribution >= 0.6 is 11.6 Å². The number of nitrogens with zero attached hydrogens (tertiary/aromatic N) is 1. The van der Waals surface area contributed by atoms with Crippen LogP contribution in [0.15, 0.2) is 42.5 Å². The van der Waals surface area contributed by atoms with E-state index < -0.39 is 29.8 Å². The molecule has 6 nitrogen and oxygen atoms in total. The molecule has 2 aromatic carbocycles. The molecule has 0 unspecified atom stereocenters.